The average molecular weight is 352 g/mol. The number of nitrogens with one attached hydrogen (secondary N) is 1. The molecule has 0 aromatic heterocycles. The summed E-state index contributed by atoms with van der Waals surface area (Å²) in [6.45, 7) is 3.72. The highest BCUT2D eigenvalue weighted by Gasteiger charge is 2.34. The van der Waals surface area contributed by atoms with Gasteiger partial charge in [0.2, 0.25) is 5.91 Å². The Labute approximate surface area is 143 Å². The SMILES string of the molecule is CCSC1=NC(C)=CC(C(=O)Nc2ccc(Cl)cc2F)C1C#N. The van der Waals surface area contributed by atoms with Crippen LogP contribution in [-0.4, -0.2) is 16.7 Å². The Morgan fingerprint density at radius 2 is 2.30 bits per heavy atom. The monoisotopic (exact) mass is 351 g/mol. The molecule has 4 nitrogen and oxygen atoms in total. The highest BCUT2D eigenvalue weighted by atomic mass is 35.5. The zero-order chi connectivity index (χ0) is 17.0. The first-order valence-corrected chi connectivity index (χ1v) is 8.38. The molecule has 2 atom stereocenters. The van der Waals surface area contributed by atoms with Crippen molar-refractivity contribution in [2.45, 2.75) is 13.8 Å². The number of thioether (sulfide) groups is 1. The molecule has 7 heteroatoms. The van der Waals surface area contributed by atoms with Crippen LogP contribution in [0.5, 0.6) is 0 Å². The lowest BCUT2D eigenvalue weighted by Crippen LogP contribution is -2.33. The van der Waals surface area contributed by atoms with Crippen molar-refractivity contribution >= 4 is 40.0 Å². The number of allylic oxidation sites excluding steroid dienone is 1. The van der Waals surface area contributed by atoms with Gasteiger partial charge in [-0.2, -0.15) is 5.26 Å². The van der Waals surface area contributed by atoms with Gasteiger partial charge in [0.15, 0.2) is 0 Å². The van der Waals surface area contributed by atoms with E-state index in [0.717, 1.165) is 11.8 Å². The van der Waals surface area contributed by atoms with E-state index in [1.807, 2.05) is 6.92 Å². The molecule has 0 radical (unpaired) electrons. The van der Waals surface area contributed by atoms with Gasteiger partial charge in [-0.25, -0.2) is 4.39 Å². The van der Waals surface area contributed by atoms with E-state index >= 15 is 0 Å². The Balaban J connectivity index is 2.24. The van der Waals surface area contributed by atoms with E-state index < -0.39 is 23.6 Å². The van der Waals surface area contributed by atoms with E-state index in [9.17, 15) is 14.4 Å². The summed E-state index contributed by atoms with van der Waals surface area (Å²) in [6, 6.07) is 6.14. The van der Waals surface area contributed by atoms with Gasteiger partial charge >= 0.3 is 0 Å². The summed E-state index contributed by atoms with van der Waals surface area (Å²) >= 11 is 7.13. The Bertz CT molecular complexity index is 727. The normalized spacial score (nSPS) is 20.3. The van der Waals surface area contributed by atoms with Crippen LogP contribution in [-0.2, 0) is 4.79 Å². The van der Waals surface area contributed by atoms with Gasteiger partial charge in [0.25, 0.3) is 0 Å². The average Bonchev–Trinajstić information content (AvgIpc) is 2.50. The number of benzene rings is 1. The Hall–Kier alpha value is -1.84. The van der Waals surface area contributed by atoms with E-state index in [1.54, 1.807) is 13.0 Å². The Morgan fingerprint density at radius 3 is 2.91 bits per heavy atom. The van der Waals surface area contributed by atoms with Gasteiger partial charge in [-0.05, 0) is 37.0 Å². The summed E-state index contributed by atoms with van der Waals surface area (Å²) in [4.78, 5) is 16.8. The third kappa shape index (κ3) is 4.12. The number of amides is 1. The van der Waals surface area contributed by atoms with Crippen molar-refractivity contribution in [3.05, 3.63) is 40.8 Å². The van der Waals surface area contributed by atoms with E-state index in [1.165, 1.54) is 23.9 Å². The van der Waals surface area contributed by atoms with E-state index in [-0.39, 0.29) is 10.7 Å². The summed E-state index contributed by atoms with van der Waals surface area (Å²) in [5, 5.41) is 12.8. The zero-order valence-corrected chi connectivity index (χ0v) is 14.2. The zero-order valence-electron chi connectivity index (χ0n) is 12.6. The summed E-state index contributed by atoms with van der Waals surface area (Å²) < 4.78 is 13.8. The maximum absolute atomic E-state index is 13.8. The van der Waals surface area contributed by atoms with Crippen molar-refractivity contribution in [2.75, 3.05) is 11.1 Å². The Kier molecular flexibility index (Phi) is 5.80. The highest BCUT2D eigenvalue weighted by Crippen LogP contribution is 2.30. The predicted octanol–water partition coefficient (Wildman–Crippen LogP) is 4.24. The molecule has 1 aromatic carbocycles. The molecule has 1 aliphatic heterocycles. The lowest BCUT2D eigenvalue weighted by atomic mass is 9.90. The summed E-state index contributed by atoms with van der Waals surface area (Å²) in [5.41, 5.74) is 0.707. The molecule has 1 N–H and O–H groups in total. The van der Waals surface area contributed by atoms with Gasteiger partial charge < -0.3 is 5.32 Å². The number of anilines is 1. The molecule has 1 aromatic rings. The number of hydrogen-bond donors (Lipinski definition) is 1. The molecule has 23 heavy (non-hydrogen) atoms. The molecular formula is C16H15ClFN3OS. The molecule has 1 aliphatic rings. The smallest absolute Gasteiger partial charge is 0.233 e. The maximum atomic E-state index is 13.8. The second-order valence-corrected chi connectivity index (χ2v) is 6.66. The molecule has 1 amide bonds. The molecule has 2 unspecified atom stereocenters. The quantitative estimate of drug-likeness (QED) is 0.885. The number of nitrogens with zero attached hydrogens (tertiary/aromatic N) is 2. The van der Waals surface area contributed by atoms with Crippen LogP contribution >= 0.6 is 23.4 Å². The number of aliphatic imine (C=N–C) groups is 1. The first-order chi connectivity index (χ1) is 11.0. The predicted molar refractivity (Wildman–Crippen MR) is 92.0 cm³/mol. The first kappa shape index (κ1) is 17.5. The van der Waals surface area contributed by atoms with Gasteiger partial charge in [-0.1, -0.05) is 18.5 Å². The van der Waals surface area contributed by atoms with Crippen LogP contribution in [0.1, 0.15) is 13.8 Å². The molecule has 0 fully saturated rings. The van der Waals surface area contributed by atoms with Crippen LogP contribution in [0.3, 0.4) is 0 Å². The maximum Gasteiger partial charge on any atom is 0.233 e. The minimum Gasteiger partial charge on any atom is -0.323 e. The molecule has 120 valence electrons. The van der Waals surface area contributed by atoms with Gasteiger partial charge in [0.05, 0.1) is 22.7 Å². The molecule has 0 spiro atoms. The number of nitriles is 1. The van der Waals surface area contributed by atoms with Gasteiger partial charge in [0.1, 0.15) is 11.7 Å². The molecule has 0 saturated carbocycles. The number of carbonyl (C=O) groups is 1. The standard InChI is InChI=1S/C16H15ClFN3OS/c1-3-23-16-12(8-19)11(6-9(2)20-16)15(22)21-14-5-4-10(17)7-13(14)18/h4-7,11-12H,3H2,1-2H3,(H,21,22). The second kappa shape index (κ2) is 7.62. The molecule has 0 saturated heterocycles. The van der Waals surface area contributed by atoms with Gasteiger partial charge in [0, 0.05) is 10.7 Å². The minimum atomic E-state index is -0.707. The lowest BCUT2D eigenvalue weighted by Gasteiger charge is -2.23. The van der Waals surface area contributed by atoms with Crippen LogP contribution in [0, 0.1) is 29.0 Å². The fourth-order valence-electron chi connectivity index (χ4n) is 2.23. The number of carbonyl (C=O) groups excluding carboxylic acids is 1. The number of hydrogen-bond acceptors (Lipinski definition) is 4. The summed E-state index contributed by atoms with van der Waals surface area (Å²) in [6.07, 6.45) is 1.64. The van der Waals surface area contributed by atoms with Crippen LogP contribution in [0.15, 0.2) is 35.0 Å². The van der Waals surface area contributed by atoms with Gasteiger partial charge in [-0.3, -0.25) is 9.79 Å². The lowest BCUT2D eigenvalue weighted by molar-refractivity contribution is -0.119. The van der Waals surface area contributed by atoms with Crippen molar-refractivity contribution in [1.82, 2.24) is 0 Å². The largest absolute Gasteiger partial charge is 0.323 e. The van der Waals surface area contributed by atoms with Crippen molar-refractivity contribution in [3.63, 3.8) is 0 Å². The van der Waals surface area contributed by atoms with Crippen molar-refractivity contribution in [3.8, 4) is 6.07 Å². The second-order valence-electron chi connectivity index (χ2n) is 4.94. The van der Waals surface area contributed by atoms with Crippen LogP contribution in [0.2, 0.25) is 5.02 Å². The summed E-state index contributed by atoms with van der Waals surface area (Å²) in [7, 11) is 0. The number of halogens is 2. The third-order valence-corrected chi connectivity index (χ3v) is 4.42. The van der Waals surface area contributed by atoms with E-state index in [2.05, 4.69) is 16.4 Å². The topological polar surface area (TPSA) is 65.2 Å². The highest BCUT2D eigenvalue weighted by molar-refractivity contribution is 8.14. The number of rotatable bonds is 3. The van der Waals surface area contributed by atoms with E-state index in [0.29, 0.717) is 10.7 Å². The molecule has 0 aliphatic carbocycles. The van der Waals surface area contributed by atoms with Crippen molar-refractivity contribution in [1.29, 1.82) is 5.26 Å². The van der Waals surface area contributed by atoms with Crippen LogP contribution < -0.4 is 5.32 Å². The van der Waals surface area contributed by atoms with Crippen molar-refractivity contribution in [2.24, 2.45) is 16.8 Å². The molecule has 1 heterocycles. The molecule has 0 bridgehead atoms. The minimum absolute atomic E-state index is 0.0364. The molecule has 2 rings (SSSR count). The third-order valence-electron chi connectivity index (χ3n) is 3.26. The van der Waals surface area contributed by atoms with Crippen LogP contribution in [0.25, 0.3) is 0 Å². The van der Waals surface area contributed by atoms with Gasteiger partial charge in [-0.15, -0.1) is 11.8 Å². The fourth-order valence-corrected chi connectivity index (χ4v) is 3.27. The summed E-state index contributed by atoms with van der Waals surface area (Å²) in [5.74, 6) is -1.68. The fraction of sp³-hybridized carbons (Fsp3) is 0.312. The van der Waals surface area contributed by atoms with E-state index in [4.69, 9.17) is 11.6 Å². The van der Waals surface area contributed by atoms with Crippen LogP contribution in [0.4, 0.5) is 10.1 Å². The molecular weight excluding hydrogens is 337 g/mol. The first-order valence-electron chi connectivity index (χ1n) is 7.01. The van der Waals surface area contributed by atoms with Crippen molar-refractivity contribution < 1.29 is 9.18 Å². The Morgan fingerprint density at radius 1 is 1.57 bits per heavy atom.